The SMILES string of the molecule is CCOC(=O)c1cnn2c1NC(c1ccc(C)cc1)CC2C(F)(F)F. The average molecular weight is 353 g/mol. The van der Waals surface area contributed by atoms with Crippen molar-refractivity contribution in [2.24, 2.45) is 0 Å². The number of halogens is 3. The lowest BCUT2D eigenvalue weighted by atomic mass is 9.96. The van der Waals surface area contributed by atoms with E-state index in [1.165, 1.54) is 0 Å². The van der Waals surface area contributed by atoms with Gasteiger partial charge in [-0.2, -0.15) is 18.3 Å². The van der Waals surface area contributed by atoms with E-state index in [2.05, 4.69) is 10.4 Å². The van der Waals surface area contributed by atoms with E-state index < -0.39 is 24.2 Å². The second-order valence-electron chi connectivity index (χ2n) is 5.97. The van der Waals surface area contributed by atoms with Crippen molar-refractivity contribution in [3.63, 3.8) is 0 Å². The molecule has 5 nitrogen and oxygen atoms in total. The van der Waals surface area contributed by atoms with Gasteiger partial charge in [0.25, 0.3) is 0 Å². The Balaban J connectivity index is 2.02. The zero-order valence-corrected chi connectivity index (χ0v) is 13.8. The van der Waals surface area contributed by atoms with Gasteiger partial charge in [-0.15, -0.1) is 0 Å². The molecule has 1 aromatic carbocycles. The lowest BCUT2D eigenvalue weighted by Crippen LogP contribution is -2.36. The molecule has 8 heteroatoms. The van der Waals surface area contributed by atoms with Gasteiger partial charge in [-0.25, -0.2) is 9.48 Å². The summed E-state index contributed by atoms with van der Waals surface area (Å²) in [7, 11) is 0. The Hall–Kier alpha value is -2.51. The number of anilines is 1. The predicted molar refractivity (Wildman–Crippen MR) is 85.4 cm³/mol. The van der Waals surface area contributed by atoms with Crippen molar-refractivity contribution in [3.05, 3.63) is 47.2 Å². The van der Waals surface area contributed by atoms with Crippen LogP contribution in [0.25, 0.3) is 0 Å². The molecule has 2 aromatic rings. The van der Waals surface area contributed by atoms with E-state index in [-0.39, 0.29) is 24.4 Å². The molecule has 1 aliphatic rings. The summed E-state index contributed by atoms with van der Waals surface area (Å²) < 4.78 is 46.3. The van der Waals surface area contributed by atoms with Crippen LogP contribution < -0.4 is 5.32 Å². The van der Waals surface area contributed by atoms with Gasteiger partial charge in [0.1, 0.15) is 11.4 Å². The molecule has 0 saturated heterocycles. The molecule has 25 heavy (non-hydrogen) atoms. The summed E-state index contributed by atoms with van der Waals surface area (Å²) in [6.07, 6.45) is -3.56. The molecule has 1 aromatic heterocycles. The minimum Gasteiger partial charge on any atom is -0.462 e. The van der Waals surface area contributed by atoms with Gasteiger partial charge >= 0.3 is 12.1 Å². The zero-order valence-electron chi connectivity index (χ0n) is 13.8. The number of nitrogens with zero attached hydrogens (tertiary/aromatic N) is 2. The normalized spacial score (nSPS) is 19.9. The molecule has 2 unspecified atom stereocenters. The number of aryl methyl sites for hydroxylation is 1. The van der Waals surface area contributed by atoms with Crippen LogP contribution in [0.1, 0.15) is 46.9 Å². The second kappa shape index (κ2) is 6.42. The lowest BCUT2D eigenvalue weighted by Gasteiger charge is -2.34. The van der Waals surface area contributed by atoms with Gasteiger partial charge in [-0.1, -0.05) is 29.8 Å². The van der Waals surface area contributed by atoms with E-state index in [1.807, 2.05) is 19.1 Å². The Morgan fingerprint density at radius 3 is 2.64 bits per heavy atom. The van der Waals surface area contributed by atoms with Gasteiger partial charge in [0, 0.05) is 6.42 Å². The topological polar surface area (TPSA) is 56.1 Å². The number of carbonyl (C=O) groups excluding carboxylic acids is 1. The first kappa shape index (κ1) is 17.3. The Bertz CT molecular complexity index is 768. The van der Waals surface area contributed by atoms with Crippen molar-refractivity contribution in [2.45, 2.75) is 38.5 Å². The van der Waals surface area contributed by atoms with Crippen molar-refractivity contribution >= 4 is 11.8 Å². The van der Waals surface area contributed by atoms with Crippen molar-refractivity contribution in [1.29, 1.82) is 0 Å². The first-order valence-corrected chi connectivity index (χ1v) is 7.95. The minimum absolute atomic E-state index is 0.00733. The first-order valence-electron chi connectivity index (χ1n) is 7.95. The summed E-state index contributed by atoms with van der Waals surface area (Å²) in [5.41, 5.74) is 1.75. The third kappa shape index (κ3) is 3.33. The molecule has 0 saturated carbocycles. The first-order chi connectivity index (χ1) is 11.8. The fraction of sp³-hybridized carbons (Fsp3) is 0.412. The summed E-state index contributed by atoms with van der Waals surface area (Å²) >= 11 is 0. The van der Waals surface area contributed by atoms with Gasteiger partial charge in [0.15, 0.2) is 6.04 Å². The van der Waals surface area contributed by atoms with Crippen LogP contribution in [-0.2, 0) is 4.74 Å². The largest absolute Gasteiger partial charge is 0.462 e. The lowest BCUT2D eigenvalue weighted by molar-refractivity contribution is -0.173. The number of hydrogen-bond acceptors (Lipinski definition) is 4. The van der Waals surface area contributed by atoms with Gasteiger partial charge < -0.3 is 10.1 Å². The van der Waals surface area contributed by atoms with Crippen LogP contribution in [0.15, 0.2) is 30.5 Å². The summed E-state index contributed by atoms with van der Waals surface area (Å²) in [5, 5.41) is 6.81. The van der Waals surface area contributed by atoms with Crippen molar-refractivity contribution in [3.8, 4) is 0 Å². The van der Waals surface area contributed by atoms with E-state index in [9.17, 15) is 18.0 Å². The molecular weight excluding hydrogens is 335 g/mol. The van der Waals surface area contributed by atoms with Crippen LogP contribution in [0.3, 0.4) is 0 Å². The number of ether oxygens (including phenoxy) is 1. The van der Waals surface area contributed by atoms with Crippen LogP contribution in [0.2, 0.25) is 0 Å². The minimum atomic E-state index is -4.47. The van der Waals surface area contributed by atoms with Crippen molar-refractivity contribution < 1.29 is 22.7 Å². The molecule has 134 valence electrons. The van der Waals surface area contributed by atoms with Gasteiger partial charge in [-0.3, -0.25) is 0 Å². The van der Waals surface area contributed by atoms with Crippen LogP contribution >= 0.6 is 0 Å². The molecule has 0 radical (unpaired) electrons. The fourth-order valence-corrected chi connectivity index (χ4v) is 2.94. The summed E-state index contributed by atoms with van der Waals surface area (Å²) in [6.45, 7) is 3.67. The predicted octanol–water partition coefficient (Wildman–Crippen LogP) is 4.03. The van der Waals surface area contributed by atoms with Crippen LogP contribution in [-0.4, -0.2) is 28.5 Å². The highest BCUT2D eigenvalue weighted by molar-refractivity contribution is 5.94. The van der Waals surface area contributed by atoms with E-state index in [0.717, 1.165) is 22.0 Å². The van der Waals surface area contributed by atoms with Gasteiger partial charge in [-0.05, 0) is 19.4 Å². The van der Waals surface area contributed by atoms with E-state index in [0.29, 0.717) is 0 Å². The molecule has 0 fully saturated rings. The van der Waals surface area contributed by atoms with Crippen LogP contribution in [0.5, 0.6) is 0 Å². The molecule has 1 aliphatic heterocycles. The third-order valence-corrected chi connectivity index (χ3v) is 4.21. The molecular formula is C17H18F3N3O2. The monoisotopic (exact) mass is 353 g/mol. The fourth-order valence-electron chi connectivity index (χ4n) is 2.94. The Morgan fingerprint density at radius 2 is 2.04 bits per heavy atom. The smallest absolute Gasteiger partial charge is 0.410 e. The van der Waals surface area contributed by atoms with Crippen LogP contribution in [0.4, 0.5) is 19.0 Å². The molecule has 0 spiro atoms. The number of hydrogen-bond donors (Lipinski definition) is 1. The molecule has 0 aliphatic carbocycles. The number of alkyl halides is 3. The van der Waals surface area contributed by atoms with E-state index in [4.69, 9.17) is 4.74 Å². The van der Waals surface area contributed by atoms with Crippen molar-refractivity contribution in [2.75, 3.05) is 11.9 Å². The number of fused-ring (bicyclic) bond motifs is 1. The quantitative estimate of drug-likeness (QED) is 0.847. The third-order valence-electron chi connectivity index (χ3n) is 4.21. The summed E-state index contributed by atoms with van der Waals surface area (Å²) in [5.74, 6) is -0.653. The van der Waals surface area contributed by atoms with E-state index >= 15 is 0 Å². The Kier molecular flexibility index (Phi) is 4.45. The molecule has 2 atom stereocenters. The number of rotatable bonds is 3. The highest BCUT2D eigenvalue weighted by Gasteiger charge is 2.47. The molecule has 0 amide bonds. The number of nitrogens with one attached hydrogen (secondary N) is 1. The number of carbonyl (C=O) groups is 1. The van der Waals surface area contributed by atoms with Crippen LogP contribution in [0, 0.1) is 6.92 Å². The second-order valence-corrected chi connectivity index (χ2v) is 5.97. The van der Waals surface area contributed by atoms with Gasteiger partial charge in [0.05, 0.1) is 18.8 Å². The highest BCUT2D eigenvalue weighted by Crippen LogP contribution is 2.44. The average Bonchev–Trinajstić information content (AvgIpc) is 2.97. The summed E-state index contributed by atoms with van der Waals surface area (Å²) in [4.78, 5) is 12.0. The number of benzene rings is 1. The maximum atomic E-state index is 13.5. The van der Waals surface area contributed by atoms with E-state index in [1.54, 1.807) is 19.1 Å². The molecule has 3 rings (SSSR count). The zero-order chi connectivity index (χ0) is 18.2. The summed E-state index contributed by atoms with van der Waals surface area (Å²) in [6, 6.07) is 4.88. The number of aromatic nitrogens is 2. The maximum absolute atomic E-state index is 13.5. The highest BCUT2D eigenvalue weighted by atomic mass is 19.4. The van der Waals surface area contributed by atoms with Crippen molar-refractivity contribution in [1.82, 2.24) is 9.78 Å². The number of esters is 1. The molecule has 1 N–H and O–H groups in total. The van der Waals surface area contributed by atoms with Gasteiger partial charge in [0.2, 0.25) is 0 Å². The Labute approximate surface area is 142 Å². The Morgan fingerprint density at radius 1 is 1.36 bits per heavy atom. The standard InChI is InChI=1S/C17H18F3N3O2/c1-3-25-16(24)12-9-21-23-14(17(18,19)20)8-13(22-15(12)23)11-6-4-10(2)5-7-11/h4-7,9,13-14,22H,3,8H2,1-2H3. The molecule has 2 heterocycles. The maximum Gasteiger partial charge on any atom is 0.410 e. The molecule has 0 bridgehead atoms.